The molecule has 0 radical (unpaired) electrons. The minimum Gasteiger partial charge on any atom is -0.511 e. The lowest BCUT2D eigenvalue weighted by atomic mass is 10.1. The van der Waals surface area contributed by atoms with Gasteiger partial charge in [0.15, 0.2) is 0 Å². The lowest BCUT2D eigenvalue weighted by molar-refractivity contribution is 0.401. The predicted molar refractivity (Wildman–Crippen MR) is 57.0 cm³/mol. The molecule has 0 aliphatic rings. The van der Waals surface area contributed by atoms with E-state index in [4.69, 9.17) is 10.8 Å². The number of hydrogen-bond donors (Lipinski definition) is 3. The summed E-state index contributed by atoms with van der Waals surface area (Å²) in [6.45, 7) is 0.215. The molecule has 1 aromatic rings. The summed E-state index contributed by atoms with van der Waals surface area (Å²) in [5.74, 6) is 0.249. The molecule has 3 nitrogen and oxygen atoms in total. The highest BCUT2D eigenvalue weighted by atomic mass is 16.3. The molecule has 3 heteroatoms. The zero-order chi connectivity index (χ0) is 8.81. The van der Waals surface area contributed by atoms with Crippen molar-refractivity contribution in [1.82, 2.24) is 6.15 Å². The van der Waals surface area contributed by atoms with Crippen molar-refractivity contribution in [3.63, 3.8) is 0 Å². The first kappa shape index (κ1) is 11.7. The van der Waals surface area contributed by atoms with Crippen LogP contribution in [-0.4, -0.2) is 11.7 Å². The van der Waals surface area contributed by atoms with E-state index in [1.165, 1.54) is 5.56 Å². The number of benzene rings is 1. The van der Waals surface area contributed by atoms with Gasteiger partial charge >= 0.3 is 0 Å². The van der Waals surface area contributed by atoms with Crippen LogP contribution in [-0.2, 0) is 6.42 Å². The monoisotopic (exact) mass is 182 g/mol. The van der Waals surface area contributed by atoms with Crippen LogP contribution in [0.2, 0.25) is 0 Å². The quantitative estimate of drug-likeness (QED) is 0.625. The summed E-state index contributed by atoms with van der Waals surface area (Å²) in [5.41, 5.74) is 6.40. The minimum atomic E-state index is 0. The third-order valence-electron chi connectivity index (χ3n) is 1.63. The smallest absolute Gasteiger partial charge is 0.102 e. The molecule has 0 unspecified atom stereocenters. The van der Waals surface area contributed by atoms with Crippen LogP contribution >= 0.6 is 0 Å². The van der Waals surface area contributed by atoms with E-state index < -0.39 is 0 Å². The Morgan fingerprint density at radius 1 is 1.38 bits per heavy atom. The topological polar surface area (TPSA) is 81.2 Å². The van der Waals surface area contributed by atoms with Gasteiger partial charge in [-0.1, -0.05) is 30.3 Å². The van der Waals surface area contributed by atoms with Crippen molar-refractivity contribution in [2.45, 2.75) is 6.42 Å². The SMILES string of the molecule is N.NC/C(O)=C/Cc1ccccc1.[HH]. The molecule has 0 atom stereocenters. The van der Waals surface area contributed by atoms with Gasteiger partial charge in [-0.05, 0) is 18.1 Å². The van der Waals surface area contributed by atoms with Crippen LogP contribution in [0.1, 0.15) is 6.99 Å². The summed E-state index contributed by atoms with van der Waals surface area (Å²) in [7, 11) is 0. The van der Waals surface area contributed by atoms with Crippen molar-refractivity contribution in [1.29, 1.82) is 0 Å². The molecule has 0 amide bonds. The maximum atomic E-state index is 9.06. The first-order valence-electron chi connectivity index (χ1n) is 3.95. The molecule has 0 aliphatic carbocycles. The van der Waals surface area contributed by atoms with Crippen molar-refractivity contribution in [3.8, 4) is 0 Å². The van der Waals surface area contributed by atoms with Gasteiger partial charge < -0.3 is 17.0 Å². The van der Waals surface area contributed by atoms with E-state index in [2.05, 4.69) is 0 Å². The Bertz CT molecular complexity index is 262. The van der Waals surface area contributed by atoms with Crippen LogP contribution in [0, 0.1) is 0 Å². The van der Waals surface area contributed by atoms with Gasteiger partial charge in [0.25, 0.3) is 0 Å². The summed E-state index contributed by atoms with van der Waals surface area (Å²) in [4.78, 5) is 0. The number of aliphatic hydroxyl groups excluding tert-OH is 1. The molecule has 0 aromatic heterocycles. The van der Waals surface area contributed by atoms with Gasteiger partial charge in [-0.2, -0.15) is 0 Å². The number of aliphatic hydroxyl groups is 1. The van der Waals surface area contributed by atoms with Crippen LogP contribution in [0.25, 0.3) is 0 Å². The number of rotatable bonds is 3. The van der Waals surface area contributed by atoms with Gasteiger partial charge in [0.1, 0.15) is 5.76 Å². The van der Waals surface area contributed by atoms with Crippen LogP contribution in [0.15, 0.2) is 42.2 Å². The normalized spacial score (nSPS) is 10.7. The third-order valence-corrected chi connectivity index (χ3v) is 1.63. The molecule has 0 saturated carbocycles. The second-order valence-electron chi connectivity index (χ2n) is 2.59. The molecule has 74 valence electrons. The van der Waals surface area contributed by atoms with Gasteiger partial charge in [0.05, 0.1) is 6.54 Å². The van der Waals surface area contributed by atoms with E-state index in [0.29, 0.717) is 0 Å². The van der Waals surface area contributed by atoms with Crippen molar-refractivity contribution in [3.05, 3.63) is 47.7 Å². The zero-order valence-corrected chi connectivity index (χ0v) is 7.61. The Morgan fingerprint density at radius 2 is 2.00 bits per heavy atom. The van der Waals surface area contributed by atoms with Crippen LogP contribution in [0.3, 0.4) is 0 Å². The van der Waals surface area contributed by atoms with E-state index in [1.54, 1.807) is 6.08 Å². The number of nitrogens with two attached hydrogens (primary N) is 1. The Balaban J connectivity index is 0. The average Bonchev–Trinajstić information content (AvgIpc) is 2.16. The highest BCUT2D eigenvalue weighted by molar-refractivity contribution is 5.18. The number of allylic oxidation sites excluding steroid dienone is 1. The molecule has 13 heavy (non-hydrogen) atoms. The van der Waals surface area contributed by atoms with Gasteiger partial charge in [-0.15, -0.1) is 0 Å². The Kier molecular flexibility index (Phi) is 5.59. The molecular formula is C10H18N2O. The first-order chi connectivity index (χ1) is 5.83. The van der Waals surface area contributed by atoms with E-state index >= 15 is 0 Å². The molecule has 0 heterocycles. The highest BCUT2D eigenvalue weighted by Crippen LogP contribution is 2.01. The third kappa shape index (κ3) is 4.30. The van der Waals surface area contributed by atoms with Gasteiger partial charge in [-0.25, -0.2) is 0 Å². The second kappa shape index (κ2) is 6.22. The van der Waals surface area contributed by atoms with Crippen molar-refractivity contribution >= 4 is 0 Å². The summed E-state index contributed by atoms with van der Waals surface area (Å²) >= 11 is 0. The van der Waals surface area contributed by atoms with Crippen LogP contribution in [0.5, 0.6) is 0 Å². The lowest BCUT2D eigenvalue weighted by Gasteiger charge is -1.96. The molecule has 0 saturated heterocycles. The summed E-state index contributed by atoms with van der Waals surface area (Å²) in [6.07, 6.45) is 2.47. The molecule has 1 rings (SSSR count). The fraction of sp³-hybridized carbons (Fsp3) is 0.200. The molecule has 0 aliphatic heterocycles. The van der Waals surface area contributed by atoms with E-state index in [1.807, 2.05) is 30.3 Å². The molecule has 1 aromatic carbocycles. The van der Waals surface area contributed by atoms with Gasteiger partial charge in [0.2, 0.25) is 0 Å². The van der Waals surface area contributed by atoms with E-state index in [0.717, 1.165) is 6.42 Å². The summed E-state index contributed by atoms with van der Waals surface area (Å²) in [6, 6.07) is 9.95. The zero-order valence-electron chi connectivity index (χ0n) is 7.61. The summed E-state index contributed by atoms with van der Waals surface area (Å²) < 4.78 is 0. The number of hydrogen-bond acceptors (Lipinski definition) is 3. The van der Waals surface area contributed by atoms with Crippen molar-refractivity contribution in [2.75, 3.05) is 6.54 Å². The Morgan fingerprint density at radius 3 is 2.54 bits per heavy atom. The van der Waals surface area contributed by atoms with E-state index in [-0.39, 0.29) is 19.9 Å². The summed E-state index contributed by atoms with van der Waals surface area (Å²) in [5, 5.41) is 9.06. The fourth-order valence-electron chi connectivity index (χ4n) is 0.933. The molecular weight excluding hydrogens is 164 g/mol. The van der Waals surface area contributed by atoms with Crippen LogP contribution in [0.4, 0.5) is 0 Å². The fourth-order valence-corrected chi connectivity index (χ4v) is 0.933. The minimum absolute atomic E-state index is 0. The van der Waals surface area contributed by atoms with Crippen molar-refractivity contribution < 1.29 is 6.53 Å². The predicted octanol–water partition coefficient (Wildman–Crippen LogP) is 2.04. The second-order valence-corrected chi connectivity index (χ2v) is 2.59. The van der Waals surface area contributed by atoms with Gasteiger partial charge in [0, 0.05) is 1.43 Å². The maximum Gasteiger partial charge on any atom is 0.102 e. The van der Waals surface area contributed by atoms with Crippen LogP contribution < -0.4 is 11.9 Å². The van der Waals surface area contributed by atoms with E-state index in [9.17, 15) is 0 Å². The lowest BCUT2D eigenvalue weighted by Crippen LogP contribution is -2.02. The largest absolute Gasteiger partial charge is 0.511 e. The molecule has 0 spiro atoms. The molecule has 0 fully saturated rings. The highest BCUT2D eigenvalue weighted by Gasteiger charge is 1.89. The average molecular weight is 182 g/mol. The maximum absolute atomic E-state index is 9.06. The van der Waals surface area contributed by atoms with Gasteiger partial charge in [-0.3, -0.25) is 0 Å². The molecule has 0 bridgehead atoms. The van der Waals surface area contributed by atoms with Crippen molar-refractivity contribution in [2.24, 2.45) is 5.73 Å². The Labute approximate surface area is 80.0 Å². The standard InChI is InChI=1S/C10H13NO.H3N.H2/c11-8-10(12)7-6-9-4-2-1-3-5-9;;/h1-5,7,12H,6,8,11H2;1H3;1H/b10-7-;;. The Hall–Kier alpha value is -1.32. The first-order valence-corrected chi connectivity index (χ1v) is 3.95. The molecule has 6 N–H and O–H groups in total.